The number of rotatable bonds is 16. The van der Waals surface area contributed by atoms with Gasteiger partial charge in [-0.15, -0.1) is 6.58 Å². The second-order valence-electron chi connectivity index (χ2n) is 19.5. The average molecular weight is 927 g/mol. The number of amides is 2. The first-order valence-corrected chi connectivity index (χ1v) is 23.8. The summed E-state index contributed by atoms with van der Waals surface area (Å²) in [7, 11) is -3.93. The molecular weight excluding hydrogens is 874 g/mol. The lowest BCUT2D eigenvalue weighted by Gasteiger charge is -2.35. The topological polar surface area (TPSA) is 166 Å². The third kappa shape index (κ3) is 9.51. The average Bonchev–Trinajstić information content (AvgIpc) is 4.16. The third-order valence-electron chi connectivity index (χ3n) is 13.1. The Balaban J connectivity index is 1.14. The molecule has 0 spiro atoms. The number of ketones is 2. The number of hydrogen-bond acceptors (Lipinski definition) is 10. The number of carbonyl (C=O) groups is 4. The number of nitrogens with zero attached hydrogens (tertiary/aromatic N) is 3. The van der Waals surface area contributed by atoms with Crippen LogP contribution in [0.4, 0.5) is 13.2 Å². The molecule has 2 aliphatic carbocycles. The van der Waals surface area contributed by atoms with Crippen molar-refractivity contribution in [3.8, 4) is 17.3 Å². The second kappa shape index (κ2) is 17.4. The highest BCUT2D eigenvalue weighted by Crippen LogP contribution is 2.57. The van der Waals surface area contributed by atoms with Gasteiger partial charge in [-0.2, -0.15) is 18.2 Å². The van der Waals surface area contributed by atoms with Gasteiger partial charge in [0.25, 0.3) is 5.88 Å². The molecule has 0 unspecified atom stereocenters. The maximum absolute atomic E-state index is 15.1. The van der Waals surface area contributed by atoms with Crippen molar-refractivity contribution in [2.75, 3.05) is 6.54 Å². The predicted octanol–water partition coefficient (Wildman–Crippen LogP) is 9.30. The van der Waals surface area contributed by atoms with Crippen LogP contribution in [0.5, 0.6) is 5.88 Å². The Labute approximate surface area is 381 Å². The zero-order chi connectivity index (χ0) is 47.5. The molecule has 2 saturated carbocycles. The number of fused-ring (bicyclic) bond motifs is 3. The van der Waals surface area contributed by atoms with Crippen molar-refractivity contribution in [1.29, 1.82) is 0 Å². The highest BCUT2D eigenvalue weighted by molar-refractivity contribution is 7.90. The lowest BCUT2D eigenvalue weighted by atomic mass is 9.76. The molecule has 66 heavy (non-hydrogen) atoms. The number of halogens is 3. The van der Waals surface area contributed by atoms with Gasteiger partial charge >= 0.3 is 6.18 Å². The van der Waals surface area contributed by atoms with E-state index in [1.807, 2.05) is 46.8 Å². The fraction of sp³-hybridized carbons (Fsp3) is 0.440. The first-order valence-electron chi connectivity index (χ1n) is 22.3. The summed E-state index contributed by atoms with van der Waals surface area (Å²) in [5, 5.41) is -0.0650. The number of likely N-dealkylation sites (tertiary alicyclic amines) is 1. The fourth-order valence-electron chi connectivity index (χ4n) is 9.00. The standard InChI is InChI=1S/C50H53F3N4O8S/c1-7-32-25-49(32,47(61)56-66(62,63)35-20-21-35)26-40(59)38-24-34(27-57(38)46(60)37(48(4,5)6)23-29-12-14-30(15-13-29)39(58)22-28(2)3)64-45-43-42(36-10-8-9-11-41(36)65-43)54-44(55-45)31-16-18-33(19-17-31)50(51,52)53/h7-19,28,32,34-35,37-38H,1,20-27H2,2-6H3,(H,56,61)/t32-,34-,37-,38+,49-/m1/s1. The van der Waals surface area contributed by atoms with Crippen LogP contribution in [0.1, 0.15) is 94.6 Å². The summed E-state index contributed by atoms with van der Waals surface area (Å²) in [5.74, 6) is -2.53. The number of allylic oxidation sites excluding steroid dienone is 1. The summed E-state index contributed by atoms with van der Waals surface area (Å²) in [6, 6.07) is 17.5. The Kier molecular flexibility index (Phi) is 12.3. The molecule has 1 N–H and O–H groups in total. The van der Waals surface area contributed by atoms with Crippen LogP contribution < -0.4 is 9.46 Å². The molecule has 5 aromatic rings. The van der Waals surface area contributed by atoms with E-state index in [9.17, 15) is 36.0 Å². The Morgan fingerprint density at radius 1 is 0.985 bits per heavy atom. The second-order valence-corrected chi connectivity index (χ2v) is 21.5. The summed E-state index contributed by atoms with van der Waals surface area (Å²) in [4.78, 5) is 67.4. The van der Waals surface area contributed by atoms with Crippen LogP contribution in [0.2, 0.25) is 0 Å². The summed E-state index contributed by atoms with van der Waals surface area (Å²) in [6.45, 7) is 13.5. The molecule has 3 fully saturated rings. The minimum absolute atomic E-state index is 0.0190. The van der Waals surface area contributed by atoms with Gasteiger partial charge in [0.15, 0.2) is 17.4 Å². The molecule has 348 valence electrons. The quantitative estimate of drug-likeness (QED) is 0.0745. The van der Waals surface area contributed by atoms with Gasteiger partial charge in [0.1, 0.15) is 17.2 Å². The maximum Gasteiger partial charge on any atom is 0.416 e. The Morgan fingerprint density at radius 2 is 1.67 bits per heavy atom. The van der Waals surface area contributed by atoms with Gasteiger partial charge in [-0.05, 0) is 72.8 Å². The predicted molar refractivity (Wildman–Crippen MR) is 242 cm³/mol. The van der Waals surface area contributed by atoms with E-state index < -0.39 is 73.5 Å². The first-order chi connectivity index (χ1) is 31.1. The maximum atomic E-state index is 15.1. The molecule has 0 bridgehead atoms. The minimum atomic E-state index is -4.56. The number of carbonyl (C=O) groups excluding carboxylic acids is 4. The molecule has 8 rings (SSSR count). The molecule has 2 amide bonds. The molecule has 12 nitrogen and oxygen atoms in total. The summed E-state index contributed by atoms with van der Waals surface area (Å²) in [5.41, 5.74) is -0.265. The molecule has 1 aliphatic heterocycles. The number of para-hydroxylation sites is 1. The molecule has 16 heteroatoms. The van der Waals surface area contributed by atoms with E-state index >= 15 is 4.79 Å². The molecule has 3 heterocycles. The van der Waals surface area contributed by atoms with Crippen LogP contribution in [0.3, 0.4) is 0 Å². The van der Waals surface area contributed by atoms with E-state index in [2.05, 4.69) is 16.3 Å². The van der Waals surface area contributed by atoms with Crippen LogP contribution in [0, 0.1) is 28.6 Å². The Hall–Kier alpha value is -5.90. The number of hydrogen-bond donors (Lipinski definition) is 1. The number of furan rings is 1. The van der Waals surface area contributed by atoms with E-state index in [4.69, 9.17) is 14.1 Å². The molecule has 0 radical (unpaired) electrons. The number of benzene rings is 3. The van der Waals surface area contributed by atoms with Crippen LogP contribution in [-0.4, -0.2) is 70.6 Å². The molecule has 2 aromatic heterocycles. The Morgan fingerprint density at radius 3 is 2.27 bits per heavy atom. The third-order valence-corrected chi connectivity index (χ3v) is 14.9. The summed E-state index contributed by atoms with van der Waals surface area (Å²) < 4.78 is 81.4. The summed E-state index contributed by atoms with van der Waals surface area (Å²) in [6.07, 6.45) is -2.54. The zero-order valence-corrected chi connectivity index (χ0v) is 38.3. The number of Topliss-reactive ketones (excluding diaryl/α,β-unsaturated/α-hetero) is 2. The first kappa shape index (κ1) is 46.6. The lowest BCUT2D eigenvalue weighted by molar-refractivity contribution is -0.144. The van der Waals surface area contributed by atoms with E-state index in [1.165, 1.54) is 17.0 Å². The molecule has 1 saturated heterocycles. The van der Waals surface area contributed by atoms with Gasteiger partial charge in [-0.1, -0.05) is 89.2 Å². The van der Waals surface area contributed by atoms with Gasteiger partial charge in [0, 0.05) is 41.7 Å². The molecule has 3 aliphatic rings. The van der Waals surface area contributed by atoms with E-state index in [0.717, 1.165) is 17.7 Å². The van der Waals surface area contributed by atoms with Crippen molar-refractivity contribution < 1.29 is 49.9 Å². The highest BCUT2D eigenvalue weighted by Gasteiger charge is 2.61. The largest absolute Gasteiger partial charge is 0.470 e. The minimum Gasteiger partial charge on any atom is -0.470 e. The van der Waals surface area contributed by atoms with Crippen LogP contribution in [0.25, 0.3) is 33.5 Å². The number of nitrogens with one attached hydrogen (secondary N) is 1. The molecule has 5 atom stereocenters. The number of aromatic nitrogens is 2. The monoisotopic (exact) mass is 926 g/mol. The van der Waals surface area contributed by atoms with Crippen molar-refractivity contribution in [2.24, 2.45) is 28.6 Å². The van der Waals surface area contributed by atoms with Gasteiger partial charge in [-0.3, -0.25) is 23.9 Å². The Bertz CT molecular complexity index is 2830. The smallest absolute Gasteiger partial charge is 0.416 e. The number of ether oxygens (including phenoxy) is 1. The number of alkyl halides is 3. The molecular formula is C50H53F3N4O8S. The zero-order valence-electron chi connectivity index (χ0n) is 37.5. The summed E-state index contributed by atoms with van der Waals surface area (Å²) >= 11 is 0. The van der Waals surface area contributed by atoms with Gasteiger partial charge in [0.2, 0.25) is 27.4 Å². The van der Waals surface area contributed by atoms with Crippen molar-refractivity contribution in [2.45, 2.75) is 103 Å². The molecule has 3 aromatic carbocycles. The van der Waals surface area contributed by atoms with Crippen molar-refractivity contribution in [3.05, 3.63) is 102 Å². The lowest BCUT2D eigenvalue weighted by Crippen LogP contribution is -2.48. The van der Waals surface area contributed by atoms with Crippen molar-refractivity contribution >= 4 is 55.5 Å². The normalized spacial score (nSPS) is 21.5. The van der Waals surface area contributed by atoms with E-state index in [0.29, 0.717) is 41.3 Å². The van der Waals surface area contributed by atoms with E-state index in [-0.39, 0.29) is 72.7 Å². The SMILES string of the molecule is C=C[C@@H]1C[C@]1(CC(=O)[C@@H]1C[C@@H](Oc2nc(-c3ccc(C(F)(F)F)cc3)nc3c2oc2ccccc23)CN1C(=O)[C@@H](Cc1ccc(C(=O)CC(C)C)cc1)C(C)(C)C)C(=O)NS(=O)(=O)C1CC1. The van der Waals surface area contributed by atoms with Crippen LogP contribution >= 0.6 is 0 Å². The van der Waals surface area contributed by atoms with Gasteiger partial charge in [0.05, 0.1) is 28.8 Å². The van der Waals surface area contributed by atoms with Crippen LogP contribution in [-0.2, 0) is 37.0 Å². The highest BCUT2D eigenvalue weighted by atomic mass is 32.2. The van der Waals surface area contributed by atoms with Gasteiger partial charge < -0.3 is 14.1 Å². The van der Waals surface area contributed by atoms with Crippen molar-refractivity contribution in [1.82, 2.24) is 19.6 Å². The van der Waals surface area contributed by atoms with E-state index in [1.54, 1.807) is 42.5 Å². The number of sulfonamides is 1. The van der Waals surface area contributed by atoms with Gasteiger partial charge in [-0.25, -0.2) is 13.4 Å². The van der Waals surface area contributed by atoms with Crippen LogP contribution in [0.15, 0.2) is 89.9 Å². The van der Waals surface area contributed by atoms with Crippen molar-refractivity contribution in [3.63, 3.8) is 0 Å². The fourth-order valence-corrected chi connectivity index (χ4v) is 10.4.